The van der Waals surface area contributed by atoms with Crippen LogP contribution in [0.5, 0.6) is 0 Å². The molecule has 0 N–H and O–H groups in total. The van der Waals surface area contributed by atoms with Crippen LogP contribution in [-0.2, 0) is 18.4 Å². The van der Waals surface area contributed by atoms with Crippen molar-refractivity contribution >= 4 is 21.2 Å². The summed E-state index contributed by atoms with van der Waals surface area (Å²) in [7, 11) is -2.20. The van der Waals surface area contributed by atoms with Gasteiger partial charge in [0.2, 0.25) is 0 Å². The molecule has 0 aromatic heterocycles. The van der Waals surface area contributed by atoms with E-state index in [1.807, 2.05) is 0 Å². The van der Waals surface area contributed by atoms with Crippen molar-refractivity contribution in [1.29, 1.82) is 0 Å². The van der Waals surface area contributed by atoms with Gasteiger partial charge >= 0.3 is 9.28 Å². The van der Waals surface area contributed by atoms with Gasteiger partial charge in [0.25, 0.3) is 11.9 Å². The van der Waals surface area contributed by atoms with Crippen LogP contribution in [-0.4, -0.2) is 21.2 Å². The summed E-state index contributed by atoms with van der Waals surface area (Å²) in [6.07, 6.45) is 2.19. The van der Waals surface area contributed by atoms with Crippen LogP contribution in [0.25, 0.3) is 0 Å². The van der Waals surface area contributed by atoms with Crippen LogP contribution < -0.4 is 0 Å². The number of allylic oxidation sites excluding steroid dienone is 1. The van der Waals surface area contributed by atoms with Crippen molar-refractivity contribution in [3.63, 3.8) is 0 Å². The second-order valence-corrected chi connectivity index (χ2v) is 4.44. The van der Waals surface area contributed by atoms with Crippen LogP contribution in [0, 0.1) is 0 Å². The Bertz CT molecular complexity index is 197. The summed E-state index contributed by atoms with van der Waals surface area (Å²) in [5.74, 6) is -0.653. The summed E-state index contributed by atoms with van der Waals surface area (Å²) >= 11 is 0. The van der Waals surface area contributed by atoms with Gasteiger partial charge in [-0.3, -0.25) is 9.59 Å². The lowest BCUT2D eigenvalue weighted by Crippen LogP contribution is -2.28. The molecule has 0 radical (unpaired) electrons. The predicted octanol–water partition coefficient (Wildman–Crippen LogP) is 1.30. The third kappa shape index (κ3) is 5.53. The van der Waals surface area contributed by atoms with E-state index in [0.29, 0.717) is 18.9 Å². The van der Waals surface area contributed by atoms with E-state index in [9.17, 15) is 9.59 Å². The van der Waals surface area contributed by atoms with Crippen LogP contribution in [0.2, 0.25) is 6.04 Å². The molecule has 0 aromatic carbocycles. The molecule has 0 aliphatic carbocycles. The Hall–Kier alpha value is -1.10. The number of carbonyl (C=O) groups is 2. The van der Waals surface area contributed by atoms with Gasteiger partial charge in [-0.15, -0.1) is 6.58 Å². The molecule has 0 saturated carbocycles. The van der Waals surface area contributed by atoms with Gasteiger partial charge in [0.05, 0.1) is 0 Å². The second kappa shape index (κ2) is 7.31. The van der Waals surface area contributed by atoms with Gasteiger partial charge in [0.15, 0.2) is 0 Å². The molecule has 0 heterocycles. The van der Waals surface area contributed by atoms with Crippen molar-refractivity contribution in [3.05, 3.63) is 12.7 Å². The molecule has 0 fully saturated rings. The highest BCUT2D eigenvalue weighted by molar-refractivity contribution is 6.49. The number of carbonyl (C=O) groups excluding carboxylic acids is 2. The van der Waals surface area contributed by atoms with E-state index in [1.54, 1.807) is 19.9 Å². The quantitative estimate of drug-likeness (QED) is 0.496. The zero-order valence-electron chi connectivity index (χ0n) is 8.62. The fraction of sp³-hybridized carbons (Fsp3) is 0.556. The molecule has 0 aliphatic heterocycles. The molecule has 0 atom stereocenters. The van der Waals surface area contributed by atoms with Crippen LogP contribution in [0.1, 0.15) is 26.7 Å². The van der Waals surface area contributed by atoms with E-state index in [2.05, 4.69) is 6.58 Å². The van der Waals surface area contributed by atoms with E-state index in [-0.39, 0.29) is 11.9 Å². The van der Waals surface area contributed by atoms with E-state index >= 15 is 0 Å². The molecule has 0 spiro atoms. The zero-order valence-corrected chi connectivity index (χ0v) is 9.77. The highest BCUT2D eigenvalue weighted by Gasteiger charge is 2.19. The molecule has 0 saturated heterocycles. The van der Waals surface area contributed by atoms with Crippen LogP contribution in [0.4, 0.5) is 0 Å². The summed E-state index contributed by atoms with van der Waals surface area (Å²) in [4.78, 5) is 21.9. The van der Waals surface area contributed by atoms with E-state index < -0.39 is 9.28 Å². The minimum absolute atomic E-state index is 0.296. The molecule has 4 nitrogen and oxygen atoms in total. The standard InChI is InChI=1S/C9H16O4Si/c1-4-7-14(12-8(10)5-2)13-9(11)6-3/h4,14H,1,5-7H2,2-3H3. The molecule has 0 rings (SSSR count). The Morgan fingerprint density at radius 3 is 1.93 bits per heavy atom. The number of hydrogen-bond acceptors (Lipinski definition) is 4. The van der Waals surface area contributed by atoms with Crippen molar-refractivity contribution in [3.8, 4) is 0 Å². The number of hydrogen-bond donors (Lipinski definition) is 0. The molecule has 0 amide bonds. The van der Waals surface area contributed by atoms with E-state index in [1.165, 1.54) is 0 Å². The third-order valence-corrected chi connectivity index (χ3v) is 3.23. The van der Waals surface area contributed by atoms with Gasteiger partial charge in [0.1, 0.15) is 0 Å². The molecular weight excluding hydrogens is 200 g/mol. The minimum atomic E-state index is -2.20. The van der Waals surface area contributed by atoms with Crippen molar-refractivity contribution in [2.75, 3.05) is 0 Å². The van der Waals surface area contributed by atoms with Gasteiger partial charge in [-0.2, -0.15) is 0 Å². The van der Waals surface area contributed by atoms with E-state index in [0.717, 1.165) is 0 Å². The first-order chi connectivity index (χ1) is 6.63. The summed E-state index contributed by atoms with van der Waals surface area (Å²) in [6, 6.07) is 0.456. The Morgan fingerprint density at radius 1 is 1.21 bits per heavy atom. The molecule has 5 heteroatoms. The summed E-state index contributed by atoms with van der Waals surface area (Å²) in [5, 5.41) is 0. The average molecular weight is 216 g/mol. The first-order valence-corrected chi connectivity index (χ1v) is 6.39. The maximum absolute atomic E-state index is 11.0. The Balaban J connectivity index is 4.07. The average Bonchev–Trinajstić information content (AvgIpc) is 2.17. The van der Waals surface area contributed by atoms with Gasteiger partial charge in [-0.25, -0.2) is 0 Å². The fourth-order valence-corrected chi connectivity index (χ4v) is 2.15. The lowest BCUT2D eigenvalue weighted by atomic mass is 10.5. The normalized spacial score (nSPS) is 9.64. The monoisotopic (exact) mass is 216 g/mol. The topological polar surface area (TPSA) is 52.6 Å². The van der Waals surface area contributed by atoms with Crippen molar-refractivity contribution in [2.24, 2.45) is 0 Å². The van der Waals surface area contributed by atoms with Crippen LogP contribution in [0.3, 0.4) is 0 Å². The lowest BCUT2D eigenvalue weighted by molar-refractivity contribution is -0.139. The largest absolute Gasteiger partial charge is 0.487 e. The Morgan fingerprint density at radius 2 is 1.64 bits per heavy atom. The molecule has 0 bridgehead atoms. The van der Waals surface area contributed by atoms with Gasteiger partial charge in [-0.05, 0) is 0 Å². The number of rotatable bonds is 6. The molecule has 0 unspecified atom stereocenters. The smallest absolute Gasteiger partial charge is 0.451 e. The van der Waals surface area contributed by atoms with Gasteiger partial charge in [-0.1, -0.05) is 19.9 Å². The fourth-order valence-electron chi connectivity index (χ4n) is 0.716. The predicted molar refractivity (Wildman–Crippen MR) is 54.9 cm³/mol. The van der Waals surface area contributed by atoms with Crippen molar-refractivity contribution in [1.82, 2.24) is 0 Å². The van der Waals surface area contributed by atoms with Gasteiger partial charge < -0.3 is 8.85 Å². The third-order valence-electron chi connectivity index (χ3n) is 1.46. The molecule has 0 aliphatic rings. The lowest BCUT2D eigenvalue weighted by Gasteiger charge is -2.14. The maximum Gasteiger partial charge on any atom is 0.451 e. The second-order valence-electron chi connectivity index (χ2n) is 2.64. The van der Waals surface area contributed by atoms with Crippen molar-refractivity contribution in [2.45, 2.75) is 32.7 Å². The molecule has 80 valence electrons. The van der Waals surface area contributed by atoms with Crippen LogP contribution >= 0.6 is 0 Å². The van der Waals surface area contributed by atoms with Gasteiger partial charge in [0, 0.05) is 18.9 Å². The summed E-state index contributed by atoms with van der Waals surface area (Å²) in [6.45, 7) is 6.91. The zero-order chi connectivity index (χ0) is 11.0. The molecular formula is C9H16O4Si. The summed E-state index contributed by atoms with van der Waals surface area (Å²) in [5.41, 5.74) is 0. The Labute approximate surface area is 85.7 Å². The maximum atomic E-state index is 11.0. The Kier molecular flexibility index (Phi) is 6.74. The first kappa shape index (κ1) is 12.9. The summed E-state index contributed by atoms with van der Waals surface area (Å²) < 4.78 is 10.00. The van der Waals surface area contributed by atoms with E-state index in [4.69, 9.17) is 8.85 Å². The highest BCUT2D eigenvalue weighted by atomic mass is 28.3. The first-order valence-electron chi connectivity index (χ1n) is 4.63. The SMILES string of the molecule is C=CC[SiH](OC(=O)CC)OC(=O)CC. The molecule has 0 aromatic rings. The minimum Gasteiger partial charge on any atom is -0.487 e. The molecule has 14 heavy (non-hydrogen) atoms. The van der Waals surface area contributed by atoms with Crippen LogP contribution in [0.15, 0.2) is 12.7 Å². The highest BCUT2D eigenvalue weighted by Crippen LogP contribution is 2.02. The van der Waals surface area contributed by atoms with Crippen molar-refractivity contribution < 1.29 is 18.4 Å².